The van der Waals surface area contributed by atoms with Crippen LogP contribution < -0.4 is 5.56 Å². The fourth-order valence-corrected chi connectivity index (χ4v) is 1.23. The van der Waals surface area contributed by atoms with Crippen molar-refractivity contribution in [1.29, 1.82) is 0 Å². The van der Waals surface area contributed by atoms with Gasteiger partial charge in [-0.05, 0) is 19.1 Å². The number of hydrogen-bond donors (Lipinski definition) is 1. The first-order valence-corrected chi connectivity index (χ1v) is 3.72. The normalized spacial score (nSPS) is 10.4. The summed E-state index contributed by atoms with van der Waals surface area (Å²) in [5, 5.41) is 0.888. The number of aryl methyl sites for hydroxylation is 1. The number of hydrogen-bond acceptors (Lipinski definition) is 2. The first kappa shape index (κ1) is 7.03. The van der Waals surface area contributed by atoms with Crippen LogP contribution in [0.15, 0.2) is 29.2 Å². The molecule has 3 heteroatoms. The van der Waals surface area contributed by atoms with Crippen LogP contribution in [-0.4, -0.2) is 9.97 Å². The summed E-state index contributed by atoms with van der Waals surface area (Å²) in [6, 6.07) is 5.61. The average molecular weight is 160 g/mol. The zero-order valence-electron chi connectivity index (χ0n) is 6.66. The summed E-state index contributed by atoms with van der Waals surface area (Å²) in [7, 11) is 0. The highest BCUT2D eigenvalue weighted by Gasteiger charge is 1.97. The van der Waals surface area contributed by atoms with Crippen LogP contribution in [-0.2, 0) is 0 Å². The van der Waals surface area contributed by atoms with Crippen molar-refractivity contribution in [3.8, 4) is 0 Å². The Labute approximate surface area is 69.1 Å². The largest absolute Gasteiger partial charge is 0.325 e. The number of aromatic nitrogens is 2. The summed E-state index contributed by atoms with van der Waals surface area (Å²) >= 11 is 0. The van der Waals surface area contributed by atoms with E-state index < -0.39 is 0 Å². The van der Waals surface area contributed by atoms with Crippen LogP contribution in [0.25, 0.3) is 10.9 Å². The molecule has 0 aliphatic heterocycles. The Morgan fingerprint density at radius 3 is 3.17 bits per heavy atom. The standard InChI is InChI=1S/C9H8N2O/c1-6-5-7-3-2-4-10-8(7)9(12)11-6/h2-5H,1H3,(H,11,12). The molecule has 0 saturated heterocycles. The Hall–Kier alpha value is -1.64. The van der Waals surface area contributed by atoms with Crippen molar-refractivity contribution in [2.45, 2.75) is 6.92 Å². The molecule has 0 amide bonds. The van der Waals surface area contributed by atoms with Gasteiger partial charge in [-0.2, -0.15) is 0 Å². The monoisotopic (exact) mass is 160 g/mol. The van der Waals surface area contributed by atoms with Crippen molar-refractivity contribution in [3.63, 3.8) is 0 Å². The van der Waals surface area contributed by atoms with Crippen LogP contribution >= 0.6 is 0 Å². The Morgan fingerprint density at radius 1 is 1.50 bits per heavy atom. The van der Waals surface area contributed by atoms with Crippen molar-refractivity contribution < 1.29 is 0 Å². The number of aromatic amines is 1. The Morgan fingerprint density at radius 2 is 2.33 bits per heavy atom. The molecule has 60 valence electrons. The SMILES string of the molecule is Cc1cc2cccnc2c(=O)[nH]1. The molecule has 0 saturated carbocycles. The van der Waals surface area contributed by atoms with Gasteiger partial charge in [0.2, 0.25) is 0 Å². The number of fused-ring (bicyclic) bond motifs is 1. The summed E-state index contributed by atoms with van der Waals surface area (Å²) in [4.78, 5) is 18.0. The molecule has 0 aliphatic carbocycles. The maximum absolute atomic E-state index is 11.3. The van der Waals surface area contributed by atoms with E-state index in [1.807, 2.05) is 25.1 Å². The van der Waals surface area contributed by atoms with Crippen LogP contribution in [0.4, 0.5) is 0 Å². The Kier molecular flexibility index (Phi) is 1.43. The van der Waals surface area contributed by atoms with E-state index in [-0.39, 0.29) is 5.56 Å². The van der Waals surface area contributed by atoms with Crippen molar-refractivity contribution in [1.82, 2.24) is 9.97 Å². The highest BCUT2D eigenvalue weighted by molar-refractivity contribution is 5.77. The maximum Gasteiger partial charge on any atom is 0.274 e. The smallest absolute Gasteiger partial charge is 0.274 e. The summed E-state index contributed by atoms with van der Waals surface area (Å²) < 4.78 is 0. The van der Waals surface area contributed by atoms with Crippen LogP contribution in [0.1, 0.15) is 5.69 Å². The molecule has 0 atom stereocenters. The van der Waals surface area contributed by atoms with E-state index in [4.69, 9.17) is 0 Å². The molecule has 2 rings (SSSR count). The second-order valence-corrected chi connectivity index (χ2v) is 2.72. The Balaban J connectivity index is 2.99. The van der Waals surface area contributed by atoms with Gasteiger partial charge in [0.1, 0.15) is 5.52 Å². The molecule has 3 nitrogen and oxygen atoms in total. The van der Waals surface area contributed by atoms with Crippen molar-refractivity contribution >= 4 is 10.9 Å². The maximum atomic E-state index is 11.3. The molecule has 1 N–H and O–H groups in total. The van der Waals surface area contributed by atoms with Crippen LogP contribution in [0, 0.1) is 6.92 Å². The molecule has 0 radical (unpaired) electrons. The molecule has 2 aromatic rings. The van der Waals surface area contributed by atoms with E-state index in [2.05, 4.69) is 9.97 Å². The summed E-state index contributed by atoms with van der Waals surface area (Å²) in [6.07, 6.45) is 1.62. The lowest BCUT2D eigenvalue weighted by atomic mass is 10.2. The van der Waals surface area contributed by atoms with Gasteiger partial charge in [0.15, 0.2) is 0 Å². The quantitative estimate of drug-likeness (QED) is 0.630. The van der Waals surface area contributed by atoms with E-state index in [1.165, 1.54) is 0 Å². The van der Waals surface area contributed by atoms with Crippen LogP contribution in [0.3, 0.4) is 0 Å². The minimum absolute atomic E-state index is 0.120. The molecular formula is C9H8N2O. The fourth-order valence-electron chi connectivity index (χ4n) is 1.23. The lowest BCUT2D eigenvalue weighted by molar-refractivity contribution is 1.15. The van der Waals surface area contributed by atoms with E-state index in [9.17, 15) is 4.79 Å². The first-order valence-electron chi connectivity index (χ1n) is 3.72. The van der Waals surface area contributed by atoms with Gasteiger partial charge in [0.25, 0.3) is 5.56 Å². The van der Waals surface area contributed by atoms with Gasteiger partial charge in [-0.25, -0.2) is 0 Å². The number of pyridine rings is 2. The molecule has 12 heavy (non-hydrogen) atoms. The van der Waals surface area contributed by atoms with Gasteiger partial charge in [-0.1, -0.05) is 6.07 Å². The minimum Gasteiger partial charge on any atom is -0.325 e. The third-order valence-corrected chi connectivity index (χ3v) is 1.74. The van der Waals surface area contributed by atoms with E-state index in [0.29, 0.717) is 5.52 Å². The van der Waals surface area contributed by atoms with Crippen molar-refractivity contribution in [3.05, 3.63) is 40.4 Å². The molecule has 0 aliphatic rings. The molecule has 0 unspecified atom stereocenters. The summed E-state index contributed by atoms with van der Waals surface area (Å²) in [5.74, 6) is 0. The van der Waals surface area contributed by atoms with Crippen LogP contribution in [0.5, 0.6) is 0 Å². The molecule has 0 fully saturated rings. The molecule has 0 spiro atoms. The van der Waals surface area contributed by atoms with Gasteiger partial charge in [0.05, 0.1) is 0 Å². The van der Waals surface area contributed by atoms with Gasteiger partial charge < -0.3 is 4.98 Å². The third-order valence-electron chi connectivity index (χ3n) is 1.74. The molecule has 2 aromatic heterocycles. The van der Waals surface area contributed by atoms with Crippen LogP contribution in [0.2, 0.25) is 0 Å². The lowest BCUT2D eigenvalue weighted by Crippen LogP contribution is -2.08. The van der Waals surface area contributed by atoms with Gasteiger partial charge in [-0.15, -0.1) is 0 Å². The topological polar surface area (TPSA) is 45.8 Å². The number of rotatable bonds is 0. The predicted molar refractivity (Wildman–Crippen MR) is 47.1 cm³/mol. The second-order valence-electron chi connectivity index (χ2n) is 2.72. The zero-order valence-corrected chi connectivity index (χ0v) is 6.66. The molecule has 0 aromatic carbocycles. The Bertz CT molecular complexity index is 473. The third kappa shape index (κ3) is 0.993. The minimum atomic E-state index is -0.120. The summed E-state index contributed by atoms with van der Waals surface area (Å²) in [5.41, 5.74) is 1.24. The van der Waals surface area contributed by atoms with Crippen molar-refractivity contribution in [2.24, 2.45) is 0 Å². The van der Waals surface area contributed by atoms with Gasteiger partial charge in [-0.3, -0.25) is 9.78 Å². The highest BCUT2D eigenvalue weighted by atomic mass is 16.1. The number of H-pyrrole nitrogens is 1. The highest BCUT2D eigenvalue weighted by Crippen LogP contribution is 2.05. The van der Waals surface area contributed by atoms with Gasteiger partial charge in [0, 0.05) is 17.3 Å². The summed E-state index contributed by atoms with van der Waals surface area (Å²) in [6.45, 7) is 1.86. The average Bonchev–Trinajstić information content (AvgIpc) is 2.04. The van der Waals surface area contributed by atoms with E-state index >= 15 is 0 Å². The van der Waals surface area contributed by atoms with E-state index in [1.54, 1.807) is 6.20 Å². The number of nitrogens with one attached hydrogen (secondary N) is 1. The van der Waals surface area contributed by atoms with E-state index in [0.717, 1.165) is 11.1 Å². The molecular weight excluding hydrogens is 152 g/mol. The second kappa shape index (κ2) is 2.44. The number of nitrogens with zero attached hydrogens (tertiary/aromatic N) is 1. The molecule has 0 bridgehead atoms. The fraction of sp³-hybridized carbons (Fsp3) is 0.111. The predicted octanol–water partition coefficient (Wildman–Crippen LogP) is 1.23. The molecule has 2 heterocycles. The first-order chi connectivity index (χ1) is 5.77. The zero-order chi connectivity index (χ0) is 8.55. The van der Waals surface area contributed by atoms with Crippen molar-refractivity contribution in [2.75, 3.05) is 0 Å². The van der Waals surface area contributed by atoms with Gasteiger partial charge >= 0.3 is 0 Å². The lowest BCUT2D eigenvalue weighted by Gasteiger charge is -1.96.